The molecule has 0 N–H and O–H groups in total. The third-order valence-electron chi connectivity index (χ3n) is 2.40. The van der Waals surface area contributed by atoms with Crippen LogP contribution in [0.15, 0.2) is 27.6 Å². The lowest BCUT2D eigenvalue weighted by Gasteiger charge is -2.17. The van der Waals surface area contributed by atoms with Crippen molar-refractivity contribution in [3.05, 3.63) is 27.7 Å². The fraction of sp³-hybridized carbons (Fsp3) is 0.455. The van der Waals surface area contributed by atoms with Crippen LogP contribution in [-0.4, -0.2) is 38.3 Å². The Morgan fingerprint density at radius 2 is 2.11 bits per heavy atom. The highest BCUT2D eigenvalue weighted by atomic mass is 79.9. The van der Waals surface area contributed by atoms with Crippen LogP contribution in [0.25, 0.3) is 0 Å². The Morgan fingerprint density at radius 3 is 2.67 bits per heavy atom. The highest BCUT2D eigenvalue weighted by Gasteiger charge is 2.23. The quantitative estimate of drug-likeness (QED) is 0.717. The molecule has 1 aromatic carbocycles. The van der Waals surface area contributed by atoms with Crippen molar-refractivity contribution in [2.45, 2.75) is 11.3 Å². The van der Waals surface area contributed by atoms with Crippen molar-refractivity contribution >= 4 is 49.3 Å². The van der Waals surface area contributed by atoms with Gasteiger partial charge in [-0.25, -0.2) is 12.7 Å². The minimum absolute atomic E-state index is 0.152. The molecule has 0 aromatic heterocycles. The molecule has 0 aliphatic rings. The molecular formula is C11H15BrClNO2S2. The largest absolute Gasteiger partial charge is 0.244 e. The first-order valence-electron chi connectivity index (χ1n) is 5.30. The van der Waals surface area contributed by atoms with Crippen molar-refractivity contribution in [3.63, 3.8) is 0 Å². The summed E-state index contributed by atoms with van der Waals surface area (Å²) in [6, 6.07) is 4.78. The standard InChI is InChI=1S/C11H15BrClNO2S2/c1-14(6-3-7-17-2)18(15,16)11-5-4-9(12)8-10(11)13/h4-5,8H,3,6-7H2,1-2H3. The van der Waals surface area contributed by atoms with Crippen LogP contribution >= 0.6 is 39.3 Å². The molecule has 18 heavy (non-hydrogen) atoms. The van der Waals surface area contributed by atoms with E-state index < -0.39 is 10.0 Å². The number of benzene rings is 1. The van der Waals surface area contributed by atoms with Gasteiger partial charge in [-0.1, -0.05) is 27.5 Å². The van der Waals surface area contributed by atoms with E-state index in [0.717, 1.165) is 16.6 Å². The van der Waals surface area contributed by atoms with E-state index in [-0.39, 0.29) is 9.92 Å². The Bertz CT molecular complexity index is 508. The van der Waals surface area contributed by atoms with Gasteiger partial charge in [0.05, 0.1) is 5.02 Å². The normalized spacial score (nSPS) is 12.1. The molecule has 3 nitrogen and oxygen atoms in total. The van der Waals surface area contributed by atoms with Gasteiger partial charge < -0.3 is 0 Å². The lowest BCUT2D eigenvalue weighted by Crippen LogP contribution is -2.28. The van der Waals surface area contributed by atoms with Crippen molar-refractivity contribution in [2.24, 2.45) is 0 Å². The summed E-state index contributed by atoms with van der Waals surface area (Å²) < 4.78 is 26.7. The van der Waals surface area contributed by atoms with Gasteiger partial charge in [-0.15, -0.1) is 0 Å². The Kier molecular flexibility index (Phi) is 6.47. The zero-order valence-corrected chi connectivity index (χ0v) is 14.2. The minimum Gasteiger partial charge on any atom is -0.207 e. The summed E-state index contributed by atoms with van der Waals surface area (Å²) in [5, 5.41) is 0.237. The smallest absolute Gasteiger partial charge is 0.207 e. The summed E-state index contributed by atoms with van der Waals surface area (Å²) >= 11 is 10.9. The maximum absolute atomic E-state index is 12.3. The fourth-order valence-electron chi connectivity index (χ4n) is 1.40. The maximum Gasteiger partial charge on any atom is 0.244 e. The van der Waals surface area contributed by atoms with E-state index in [0.29, 0.717) is 6.54 Å². The molecule has 1 rings (SSSR count). The fourth-order valence-corrected chi connectivity index (χ4v) is 4.04. The van der Waals surface area contributed by atoms with Gasteiger partial charge in [-0.05, 0) is 36.6 Å². The van der Waals surface area contributed by atoms with E-state index >= 15 is 0 Å². The van der Waals surface area contributed by atoms with Crippen LogP contribution in [0.2, 0.25) is 5.02 Å². The summed E-state index contributed by atoms with van der Waals surface area (Å²) in [5.74, 6) is 0.938. The minimum atomic E-state index is -3.50. The van der Waals surface area contributed by atoms with Gasteiger partial charge >= 0.3 is 0 Å². The molecule has 0 radical (unpaired) electrons. The summed E-state index contributed by atoms with van der Waals surface area (Å²) in [6.45, 7) is 0.496. The van der Waals surface area contributed by atoms with Gasteiger partial charge in [0.15, 0.2) is 0 Å². The lowest BCUT2D eigenvalue weighted by atomic mass is 10.4. The van der Waals surface area contributed by atoms with E-state index in [2.05, 4.69) is 15.9 Å². The zero-order valence-electron chi connectivity index (χ0n) is 10.2. The molecule has 7 heteroatoms. The topological polar surface area (TPSA) is 37.4 Å². The maximum atomic E-state index is 12.3. The summed E-state index contributed by atoms with van der Waals surface area (Å²) in [5.41, 5.74) is 0. The molecule has 0 aliphatic heterocycles. The second-order valence-corrected chi connectivity index (χ2v) is 8.07. The molecule has 0 aliphatic carbocycles. The van der Waals surface area contributed by atoms with Crippen molar-refractivity contribution in [1.82, 2.24) is 4.31 Å². The van der Waals surface area contributed by atoms with Gasteiger partial charge in [0.2, 0.25) is 10.0 Å². The number of halogens is 2. The molecular weight excluding hydrogens is 358 g/mol. The van der Waals surface area contributed by atoms with Crippen LogP contribution < -0.4 is 0 Å². The molecule has 0 heterocycles. The first-order chi connectivity index (χ1) is 8.39. The summed E-state index contributed by atoms with van der Waals surface area (Å²) in [7, 11) is -1.92. The second kappa shape index (κ2) is 7.14. The number of hydrogen-bond donors (Lipinski definition) is 0. The molecule has 102 valence electrons. The average Bonchev–Trinajstić information content (AvgIpc) is 2.28. The van der Waals surface area contributed by atoms with Crippen LogP contribution in [0.4, 0.5) is 0 Å². The molecule has 0 bridgehead atoms. The van der Waals surface area contributed by atoms with E-state index in [1.165, 1.54) is 10.4 Å². The van der Waals surface area contributed by atoms with Crippen LogP contribution in [0, 0.1) is 0 Å². The van der Waals surface area contributed by atoms with Crippen LogP contribution in [0.5, 0.6) is 0 Å². The Balaban J connectivity index is 2.91. The molecule has 0 spiro atoms. The average molecular weight is 373 g/mol. The van der Waals surface area contributed by atoms with Crippen LogP contribution in [0.3, 0.4) is 0 Å². The first kappa shape index (κ1) is 16.3. The van der Waals surface area contributed by atoms with Crippen molar-refractivity contribution < 1.29 is 8.42 Å². The Morgan fingerprint density at radius 1 is 1.44 bits per heavy atom. The van der Waals surface area contributed by atoms with E-state index in [4.69, 9.17) is 11.6 Å². The molecule has 0 unspecified atom stereocenters. The predicted molar refractivity (Wildman–Crippen MR) is 82.0 cm³/mol. The highest BCUT2D eigenvalue weighted by Crippen LogP contribution is 2.27. The van der Waals surface area contributed by atoms with Crippen molar-refractivity contribution in [1.29, 1.82) is 0 Å². The first-order valence-corrected chi connectivity index (χ1v) is 9.30. The van der Waals surface area contributed by atoms with Gasteiger partial charge in [0.1, 0.15) is 4.90 Å². The predicted octanol–water partition coefficient (Wildman–Crippen LogP) is 3.48. The SMILES string of the molecule is CSCCCN(C)S(=O)(=O)c1ccc(Br)cc1Cl. The van der Waals surface area contributed by atoms with Gasteiger partial charge in [-0.2, -0.15) is 11.8 Å². The Labute approximate surface area is 126 Å². The van der Waals surface area contributed by atoms with E-state index in [9.17, 15) is 8.42 Å². The number of hydrogen-bond acceptors (Lipinski definition) is 3. The molecule has 1 aromatic rings. The molecule has 0 saturated carbocycles. The number of sulfonamides is 1. The van der Waals surface area contributed by atoms with E-state index in [1.54, 1.807) is 30.9 Å². The number of thioether (sulfide) groups is 1. The van der Waals surface area contributed by atoms with Crippen LogP contribution in [0.1, 0.15) is 6.42 Å². The van der Waals surface area contributed by atoms with Gasteiger partial charge in [-0.3, -0.25) is 0 Å². The second-order valence-electron chi connectivity index (χ2n) is 3.75. The monoisotopic (exact) mass is 371 g/mol. The lowest BCUT2D eigenvalue weighted by molar-refractivity contribution is 0.469. The number of nitrogens with zero attached hydrogens (tertiary/aromatic N) is 1. The van der Waals surface area contributed by atoms with Gasteiger partial charge in [0, 0.05) is 18.1 Å². The molecule has 0 amide bonds. The Hall–Kier alpha value is 0.250. The zero-order chi connectivity index (χ0) is 13.8. The summed E-state index contributed by atoms with van der Waals surface area (Å²) in [6.07, 6.45) is 2.82. The van der Waals surface area contributed by atoms with Gasteiger partial charge in [0.25, 0.3) is 0 Å². The highest BCUT2D eigenvalue weighted by molar-refractivity contribution is 9.10. The van der Waals surface area contributed by atoms with Crippen molar-refractivity contribution in [2.75, 3.05) is 25.6 Å². The molecule has 0 fully saturated rings. The molecule has 0 atom stereocenters. The molecule has 0 saturated heterocycles. The van der Waals surface area contributed by atoms with E-state index in [1.807, 2.05) is 6.26 Å². The number of rotatable bonds is 6. The third kappa shape index (κ3) is 4.13. The summed E-state index contributed by atoms with van der Waals surface area (Å²) in [4.78, 5) is 0.152. The van der Waals surface area contributed by atoms with Crippen LogP contribution in [-0.2, 0) is 10.0 Å². The third-order valence-corrected chi connectivity index (χ3v) is 5.93. The van der Waals surface area contributed by atoms with Crippen molar-refractivity contribution in [3.8, 4) is 0 Å².